The molecule has 2 aromatic rings. The third-order valence-electron chi connectivity index (χ3n) is 4.99. The number of sulfonamides is 1. The Balaban J connectivity index is 1.71. The highest BCUT2D eigenvalue weighted by molar-refractivity contribution is 7.92. The highest BCUT2D eigenvalue weighted by Gasteiger charge is 2.20. The Morgan fingerprint density at radius 3 is 2.22 bits per heavy atom. The molecule has 0 radical (unpaired) electrons. The average Bonchev–Trinajstić information content (AvgIpc) is 3.02. The first-order valence-electron chi connectivity index (χ1n) is 9.23. The zero-order chi connectivity index (χ0) is 19.6. The summed E-state index contributed by atoms with van der Waals surface area (Å²) in [4.78, 5) is 13.8. The number of anilines is 1. The smallest absolute Gasteiger partial charge is 0.261 e. The van der Waals surface area contributed by atoms with Gasteiger partial charge in [-0.25, -0.2) is 8.42 Å². The summed E-state index contributed by atoms with van der Waals surface area (Å²) in [6.45, 7) is 7.31. The van der Waals surface area contributed by atoms with E-state index >= 15 is 0 Å². The molecular weight excluding hydrogens is 360 g/mol. The second kappa shape index (κ2) is 7.72. The summed E-state index contributed by atoms with van der Waals surface area (Å²) in [7, 11) is -3.64. The standard InChI is InChI=1S/C21H26N2O3S/c1-15-13-16(2)21(17(3)14-15)22-27(25,26)19-8-6-18(7-9-19)10-12-23-11-4-5-20(23)24/h6-9,13-14,22H,4-5,10-12H2,1-3H3. The average molecular weight is 387 g/mol. The van der Waals surface area contributed by atoms with Crippen molar-refractivity contribution in [2.45, 2.75) is 44.9 Å². The van der Waals surface area contributed by atoms with E-state index < -0.39 is 10.0 Å². The van der Waals surface area contributed by atoms with Crippen LogP contribution in [0.15, 0.2) is 41.3 Å². The number of amides is 1. The van der Waals surface area contributed by atoms with Gasteiger partial charge in [0.25, 0.3) is 10.0 Å². The Bertz CT molecular complexity index is 927. The maximum Gasteiger partial charge on any atom is 0.261 e. The molecule has 0 spiro atoms. The van der Waals surface area contributed by atoms with Gasteiger partial charge in [-0.1, -0.05) is 29.8 Å². The van der Waals surface area contributed by atoms with Crippen LogP contribution in [0.25, 0.3) is 0 Å². The van der Waals surface area contributed by atoms with Crippen molar-refractivity contribution in [1.82, 2.24) is 4.90 Å². The van der Waals surface area contributed by atoms with Crippen LogP contribution in [-0.4, -0.2) is 32.3 Å². The summed E-state index contributed by atoms with van der Waals surface area (Å²) in [6.07, 6.45) is 2.30. The molecule has 5 nitrogen and oxygen atoms in total. The van der Waals surface area contributed by atoms with Gasteiger partial charge < -0.3 is 4.90 Å². The Kier molecular flexibility index (Phi) is 5.56. The Labute approximate surface area is 161 Å². The lowest BCUT2D eigenvalue weighted by molar-refractivity contribution is -0.127. The van der Waals surface area contributed by atoms with Crippen LogP contribution in [0.2, 0.25) is 0 Å². The number of nitrogens with zero attached hydrogens (tertiary/aromatic N) is 1. The first-order chi connectivity index (χ1) is 12.8. The third kappa shape index (κ3) is 4.50. The van der Waals surface area contributed by atoms with Gasteiger partial charge in [-0.2, -0.15) is 0 Å². The number of aryl methyl sites for hydroxylation is 3. The molecule has 0 bridgehead atoms. The van der Waals surface area contributed by atoms with Crippen molar-refractivity contribution in [3.8, 4) is 0 Å². The molecule has 6 heteroatoms. The van der Waals surface area contributed by atoms with Crippen molar-refractivity contribution in [2.75, 3.05) is 17.8 Å². The molecular formula is C21H26N2O3S. The summed E-state index contributed by atoms with van der Waals surface area (Å²) in [6, 6.07) is 10.8. The predicted molar refractivity (Wildman–Crippen MR) is 107 cm³/mol. The lowest BCUT2D eigenvalue weighted by Crippen LogP contribution is -2.26. The Morgan fingerprint density at radius 2 is 1.67 bits per heavy atom. The molecule has 0 atom stereocenters. The van der Waals surface area contributed by atoms with E-state index in [9.17, 15) is 13.2 Å². The maximum atomic E-state index is 12.7. The molecule has 0 saturated carbocycles. The lowest BCUT2D eigenvalue weighted by Gasteiger charge is -2.16. The quantitative estimate of drug-likeness (QED) is 0.825. The summed E-state index contributed by atoms with van der Waals surface area (Å²) in [5.74, 6) is 0.210. The molecule has 1 saturated heterocycles. The van der Waals surface area contributed by atoms with Crippen LogP contribution in [0, 0.1) is 20.8 Å². The van der Waals surface area contributed by atoms with Crippen LogP contribution in [0.3, 0.4) is 0 Å². The molecule has 3 rings (SSSR count). The van der Waals surface area contributed by atoms with Gasteiger partial charge in [0.2, 0.25) is 5.91 Å². The normalized spacial score (nSPS) is 14.6. The highest BCUT2D eigenvalue weighted by atomic mass is 32.2. The number of benzene rings is 2. The second-order valence-corrected chi connectivity index (χ2v) is 8.94. The fourth-order valence-corrected chi connectivity index (χ4v) is 4.78. The van der Waals surface area contributed by atoms with Crippen molar-refractivity contribution in [3.05, 3.63) is 58.7 Å². The number of hydrogen-bond donors (Lipinski definition) is 1. The first kappa shape index (κ1) is 19.4. The molecule has 1 fully saturated rings. The number of nitrogens with one attached hydrogen (secondary N) is 1. The fourth-order valence-electron chi connectivity index (χ4n) is 3.57. The monoisotopic (exact) mass is 386 g/mol. The number of carbonyl (C=O) groups is 1. The molecule has 2 aromatic carbocycles. The fraction of sp³-hybridized carbons (Fsp3) is 0.381. The largest absolute Gasteiger partial charge is 0.342 e. The minimum absolute atomic E-state index is 0.210. The number of likely N-dealkylation sites (tertiary alicyclic amines) is 1. The van der Waals surface area contributed by atoms with Crippen LogP contribution < -0.4 is 4.72 Å². The van der Waals surface area contributed by atoms with Gasteiger partial charge in [0.05, 0.1) is 10.6 Å². The van der Waals surface area contributed by atoms with Crippen LogP contribution >= 0.6 is 0 Å². The first-order valence-corrected chi connectivity index (χ1v) is 10.7. The van der Waals surface area contributed by atoms with Crippen LogP contribution in [0.1, 0.15) is 35.1 Å². The molecule has 1 aliphatic rings. The maximum absolute atomic E-state index is 12.7. The molecule has 1 amide bonds. The van der Waals surface area contributed by atoms with Crippen molar-refractivity contribution >= 4 is 21.6 Å². The van der Waals surface area contributed by atoms with Gasteiger partial charge in [0.15, 0.2) is 0 Å². The van der Waals surface area contributed by atoms with E-state index in [2.05, 4.69) is 4.72 Å². The van der Waals surface area contributed by atoms with E-state index in [4.69, 9.17) is 0 Å². The van der Waals surface area contributed by atoms with Crippen LogP contribution in [0.5, 0.6) is 0 Å². The molecule has 0 aromatic heterocycles. The van der Waals surface area contributed by atoms with Crippen molar-refractivity contribution in [1.29, 1.82) is 0 Å². The molecule has 27 heavy (non-hydrogen) atoms. The van der Waals surface area contributed by atoms with Gasteiger partial charge in [-0.05, 0) is 62.4 Å². The number of carbonyl (C=O) groups excluding carboxylic acids is 1. The highest BCUT2D eigenvalue weighted by Crippen LogP contribution is 2.25. The Morgan fingerprint density at radius 1 is 1.04 bits per heavy atom. The van der Waals surface area contributed by atoms with E-state index in [0.29, 0.717) is 18.7 Å². The SMILES string of the molecule is Cc1cc(C)c(NS(=O)(=O)c2ccc(CCN3CCCC3=O)cc2)c(C)c1. The zero-order valence-corrected chi connectivity index (χ0v) is 16.9. The molecule has 0 unspecified atom stereocenters. The molecule has 1 heterocycles. The van der Waals surface area contributed by atoms with Gasteiger partial charge >= 0.3 is 0 Å². The number of hydrogen-bond acceptors (Lipinski definition) is 3. The minimum atomic E-state index is -3.64. The van der Waals surface area contributed by atoms with Crippen molar-refractivity contribution < 1.29 is 13.2 Å². The van der Waals surface area contributed by atoms with Crippen LogP contribution in [0.4, 0.5) is 5.69 Å². The molecule has 144 valence electrons. The third-order valence-corrected chi connectivity index (χ3v) is 6.35. The van der Waals surface area contributed by atoms with E-state index in [1.54, 1.807) is 12.1 Å². The van der Waals surface area contributed by atoms with E-state index in [-0.39, 0.29) is 10.8 Å². The van der Waals surface area contributed by atoms with E-state index in [1.165, 1.54) is 0 Å². The molecule has 1 N–H and O–H groups in total. The van der Waals surface area contributed by atoms with Crippen molar-refractivity contribution in [2.24, 2.45) is 0 Å². The summed E-state index contributed by atoms with van der Waals surface area (Å²) in [5.41, 5.74) is 4.58. The molecule has 1 aliphatic heterocycles. The zero-order valence-electron chi connectivity index (χ0n) is 16.1. The van der Waals surface area contributed by atoms with Gasteiger partial charge in [0.1, 0.15) is 0 Å². The molecule has 0 aliphatic carbocycles. The summed E-state index contributed by atoms with van der Waals surface area (Å²) in [5, 5.41) is 0. The van der Waals surface area contributed by atoms with E-state index in [0.717, 1.165) is 41.6 Å². The van der Waals surface area contributed by atoms with Crippen molar-refractivity contribution in [3.63, 3.8) is 0 Å². The lowest BCUT2D eigenvalue weighted by atomic mass is 10.1. The Hall–Kier alpha value is -2.34. The van der Waals surface area contributed by atoms with Crippen LogP contribution in [-0.2, 0) is 21.2 Å². The van der Waals surface area contributed by atoms with Gasteiger partial charge in [-0.15, -0.1) is 0 Å². The van der Waals surface area contributed by atoms with Gasteiger partial charge in [-0.3, -0.25) is 9.52 Å². The van der Waals surface area contributed by atoms with E-state index in [1.807, 2.05) is 49.9 Å². The summed E-state index contributed by atoms with van der Waals surface area (Å²) < 4.78 is 28.2. The topological polar surface area (TPSA) is 66.5 Å². The van der Waals surface area contributed by atoms with Gasteiger partial charge in [0, 0.05) is 19.5 Å². The second-order valence-electron chi connectivity index (χ2n) is 7.26. The predicted octanol–water partition coefficient (Wildman–Crippen LogP) is 3.58. The minimum Gasteiger partial charge on any atom is -0.342 e. The number of rotatable bonds is 6. The summed E-state index contributed by atoms with van der Waals surface area (Å²) >= 11 is 0.